The van der Waals surface area contributed by atoms with Crippen molar-refractivity contribution in [3.05, 3.63) is 0 Å². The summed E-state index contributed by atoms with van der Waals surface area (Å²) in [4.78, 5) is 11.1. The fourth-order valence-corrected chi connectivity index (χ4v) is 2.02. The summed E-state index contributed by atoms with van der Waals surface area (Å²) in [7, 11) is 0. The maximum Gasteiger partial charge on any atom is 0.320 e. The number of hydrogen-bond donors (Lipinski definition) is 5. The summed E-state index contributed by atoms with van der Waals surface area (Å²) in [6, 6.07) is -0.501. The first kappa shape index (κ1) is 18.7. The smallest absolute Gasteiger partial charge is 0.320 e. The molecule has 0 aliphatic rings. The Labute approximate surface area is 122 Å². The lowest BCUT2D eigenvalue weighted by Gasteiger charge is -2.14. The van der Waals surface area contributed by atoms with Crippen molar-refractivity contribution in [3.63, 3.8) is 0 Å². The lowest BCUT2D eigenvalue weighted by molar-refractivity contribution is -0.139. The third-order valence-corrected chi connectivity index (χ3v) is 3.20. The summed E-state index contributed by atoms with van der Waals surface area (Å²) >= 11 is 0. The number of carbonyl (C=O) groups is 1. The highest BCUT2D eigenvalue weighted by atomic mass is 16.4. The summed E-state index contributed by atoms with van der Waals surface area (Å²) in [5, 5.41) is 21.9. The van der Waals surface area contributed by atoms with E-state index in [0.29, 0.717) is 19.4 Å². The summed E-state index contributed by atoms with van der Waals surface area (Å²) in [6.45, 7) is 3.49. The molecule has 6 heteroatoms. The molecule has 0 spiro atoms. The second-order valence-electron chi connectivity index (χ2n) is 5.10. The van der Waals surface area contributed by atoms with Gasteiger partial charge in [0, 0.05) is 6.54 Å². The van der Waals surface area contributed by atoms with E-state index in [0.717, 1.165) is 19.4 Å². The molecule has 0 aromatic carbocycles. The standard InChI is InChI=1S/C14H30N4O2/c1-2-3-4-5-6-7-10-17-12(13(19)20)9-8-11-18-14(15)16/h12,17H,2-11H2,1H3,(H,19,20)(H4,15,16,18). The zero-order chi connectivity index (χ0) is 15.2. The molecule has 0 radical (unpaired) electrons. The normalized spacial score (nSPS) is 12.1. The Kier molecular flexibility index (Phi) is 11.9. The van der Waals surface area contributed by atoms with Gasteiger partial charge < -0.3 is 21.5 Å². The predicted octanol–water partition coefficient (Wildman–Crippen LogP) is 1.65. The molecule has 118 valence electrons. The monoisotopic (exact) mass is 286 g/mol. The van der Waals surface area contributed by atoms with Gasteiger partial charge in [-0.1, -0.05) is 39.0 Å². The number of hydrogen-bond acceptors (Lipinski definition) is 3. The molecule has 0 bridgehead atoms. The van der Waals surface area contributed by atoms with Gasteiger partial charge >= 0.3 is 5.97 Å². The van der Waals surface area contributed by atoms with Crippen molar-refractivity contribution >= 4 is 11.9 Å². The average Bonchev–Trinajstić information content (AvgIpc) is 2.39. The quantitative estimate of drug-likeness (QED) is 0.201. The molecule has 0 aromatic heterocycles. The Bertz CT molecular complexity index is 272. The van der Waals surface area contributed by atoms with E-state index >= 15 is 0 Å². The van der Waals surface area contributed by atoms with Crippen LogP contribution in [0.4, 0.5) is 0 Å². The Morgan fingerprint density at radius 2 is 1.80 bits per heavy atom. The Hall–Kier alpha value is -1.30. The number of aliphatic carboxylic acids is 1. The van der Waals surface area contributed by atoms with E-state index in [4.69, 9.17) is 16.2 Å². The van der Waals surface area contributed by atoms with E-state index in [1.54, 1.807) is 0 Å². The number of carboxylic acids is 1. The van der Waals surface area contributed by atoms with Gasteiger partial charge in [0.15, 0.2) is 5.96 Å². The summed E-state index contributed by atoms with van der Waals surface area (Å²) < 4.78 is 0. The van der Waals surface area contributed by atoms with Crippen molar-refractivity contribution in [1.29, 1.82) is 5.41 Å². The molecule has 0 saturated heterocycles. The van der Waals surface area contributed by atoms with Crippen LogP contribution in [0, 0.1) is 5.41 Å². The molecule has 0 fully saturated rings. The van der Waals surface area contributed by atoms with Crippen molar-refractivity contribution in [2.45, 2.75) is 64.3 Å². The number of carboxylic acid groups (broad SMARTS) is 1. The van der Waals surface area contributed by atoms with E-state index in [1.165, 1.54) is 25.7 Å². The highest BCUT2D eigenvalue weighted by Crippen LogP contribution is 2.05. The first-order valence-corrected chi connectivity index (χ1v) is 7.62. The van der Waals surface area contributed by atoms with Gasteiger partial charge in [-0.3, -0.25) is 10.2 Å². The average molecular weight is 286 g/mol. The summed E-state index contributed by atoms with van der Waals surface area (Å²) in [5.41, 5.74) is 5.16. The van der Waals surface area contributed by atoms with Gasteiger partial charge in [-0.25, -0.2) is 0 Å². The van der Waals surface area contributed by atoms with Crippen LogP contribution in [0.5, 0.6) is 0 Å². The minimum atomic E-state index is -0.807. The molecule has 20 heavy (non-hydrogen) atoms. The SMILES string of the molecule is CCCCCCCCNC(CCCNC(=N)N)C(=O)O. The van der Waals surface area contributed by atoms with Crippen LogP contribution in [-0.2, 0) is 4.79 Å². The van der Waals surface area contributed by atoms with Crippen LogP contribution in [0.2, 0.25) is 0 Å². The van der Waals surface area contributed by atoms with Gasteiger partial charge in [-0.05, 0) is 25.8 Å². The second kappa shape index (κ2) is 12.7. The lowest BCUT2D eigenvalue weighted by atomic mass is 10.1. The number of unbranched alkanes of at least 4 members (excludes halogenated alkanes) is 5. The zero-order valence-electron chi connectivity index (χ0n) is 12.6. The van der Waals surface area contributed by atoms with Crippen LogP contribution < -0.4 is 16.4 Å². The van der Waals surface area contributed by atoms with Crippen LogP contribution >= 0.6 is 0 Å². The molecule has 1 unspecified atom stereocenters. The number of nitrogens with one attached hydrogen (secondary N) is 3. The van der Waals surface area contributed by atoms with Gasteiger partial charge in [0.2, 0.25) is 0 Å². The molecular weight excluding hydrogens is 256 g/mol. The molecule has 6 N–H and O–H groups in total. The Morgan fingerprint density at radius 3 is 2.40 bits per heavy atom. The van der Waals surface area contributed by atoms with E-state index in [1.807, 2.05) is 0 Å². The van der Waals surface area contributed by atoms with Gasteiger partial charge in [-0.15, -0.1) is 0 Å². The van der Waals surface area contributed by atoms with Gasteiger partial charge in [0.1, 0.15) is 6.04 Å². The van der Waals surface area contributed by atoms with Crippen LogP contribution in [0.25, 0.3) is 0 Å². The molecule has 0 aliphatic heterocycles. The molecule has 1 atom stereocenters. The third-order valence-electron chi connectivity index (χ3n) is 3.20. The van der Waals surface area contributed by atoms with E-state index in [-0.39, 0.29) is 5.96 Å². The van der Waals surface area contributed by atoms with Gasteiger partial charge in [0.05, 0.1) is 0 Å². The molecule has 0 amide bonds. The minimum Gasteiger partial charge on any atom is -0.480 e. The Morgan fingerprint density at radius 1 is 1.15 bits per heavy atom. The molecule has 6 nitrogen and oxygen atoms in total. The van der Waals surface area contributed by atoms with E-state index in [2.05, 4.69) is 17.6 Å². The lowest BCUT2D eigenvalue weighted by Crippen LogP contribution is -2.38. The predicted molar refractivity (Wildman–Crippen MR) is 82.0 cm³/mol. The zero-order valence-corrected chi connectivity index (χ0v) is 12.6. The summed E-state index contributed by atoms with van der Waals surface area (Å²) in [5.74, 6) is -0.879. The van der Waals surface area contributed by atoms with Crippen molar-refractivity contribution in [1.82, 2.24) is 10.6 Å². The maximum atomic E-state index is 11.1. The van der Waals surface area contributed by atoms with Gasteiger partial charge in [0.25, 0.3) is 0 Å². The first-order chi connectivity index (χ1) is 9.57. The number of guanidine groups is 1. The van der Waals surface area contributed by atoms with Crippen LogP contribution in [0.15, 0.2) is 0 Å². The molecule has 0 aromatic rings. The highest BCUT2D eigenvalue weighted by Gasteiger charge is 2.15. The van der Waals surface area contributed by atoms with Crippen LogP contribution in [-0.4, -0.2) is 36.2 Å². The van der Waals surface area contributed by atoms with Crippen molar-refractivity contribution in [2.24, 2.45) is 5.73 Å². The molecule has 0 rings (SSSR count). The second-order valence-corrected chi connectivity index (χ2v) is 5.10. The molecule has 0 aliphatic carbocycles. The fraction of sp³-hybridized carbons (Fsp3) is 0.857. The maximum absolute atomic E-state index is 11.1. The van der Waals surface area contributed by atoms with Crippen molar-refractivity contribution < 1.29 is 9.90 Å². The third kappa shape index (κ3) is 11.8. The topological polar surface area (TPSA) is 111 Å². The number of rotatable bonds is 13. The van der Waals surface area contributed by atoms with Gasteiger partial charge in [-0.2, -0.15) is 0 Å². The molecular formula is C14H30N4O2. The van der Waals surface area contributed by atoms with Crippen LogP contribution in [0.3, 0.4) is 0 Å². The van der Waals surface area contributed by atoms with E-state index in [9.17, 15) is 4.79 Å². The highest BCUT2D eigenvalue weighted by molar-refractivity contribution is 5.74. The fourth-order valence-electron chi connectivity index (χ4n) is 2.02. The summed E-state index contributed by atoms with van der Waals surface area (Å²) in [6.07, 6.45) is 8.45. The molecule has 0 heterocycles. The van der Waals surface area contributed by atoms with Crippen molar-refractivity contribution in [2.75, 3.05) is 13.1 Å². The van der Waals surface area contributed by atoms with Crippen molar-refractivity contribution in [3.8, 4) is 0 Å². The number of nitrogens with two attached hydrogens (primary N) is 1. The first-order valence-electron chi connectivity index (χ1n) is 7.62. The Balaban J connectivity index is 3.59. The van der Waals surface area contributed by atoms with Crippen LogP contribution in [0.1, 0.15) is 58.3 Å². The minimum absolute atomic E-state index is 0.0723. The molecule has 0 saturated carbocycles. The largest absolute Gasteiger partial charge is 0.480 e. The van der Waals surface area contributed by atoms with E-state index < -0.39 is 12.0 Å².